The van der Waals surface area contributed by atoms with Crippen LogP contribution in [0.25, 0.3) is 10.9 Å². The van der Waals surface area contributed by atoms with E-state index in [4.69, 9.17) is 0 Å². The van der Waals surface area contributed by atoms with Crippen LogP contribution in [-0.4, -0.2) is 51.9 Å². The lowest BCUT2D eigenvalue weighted by molar-refractivity contribution is -0.141. The molecule has 3 N–H and O–H groups in total. The molecule has 2 rings (SSSR count). The maximum Gasteiger partial charge on any atom is 0.326 e. The molecule has 122 valence electrons. The molecule has 0 bridgehead atoms. The molecule has 2 aromatic rings. The monoisotopic (exact) mass is 317 g/mol. The van der Waals surface area contributed by atoms with Crippen molar-refractivity contribution < 1.29 is 19.5 Å². The number of rotatable bonds is 6. The Labute approximate surface area is 133 Å². The average molecular weight is 317 g/mol. The van der Waals surface area contributed by atoms with Crippen molar-refractivity contribution in [1.29, 1.82) is 0 Å². The number of aromatic nitrogens is 1. The zero-order valence-electron chi connectivity index (χ0n) is 13.0. The normalized spacial score (nSPS) is 11.9. The molecule has 1 unspecified atom stereocenters. The van der Waals surface area contributed by atoms with Crippen molar-refractivity contribution in [3.05, 3.63) is 36.0 Å². The minimum atomic E-state index is -1.10. The smallest absolute Gasteiger partial charge is 0.326 e. The second-order valence-corrected chi connectivity index (χ2v) is 5.27. The van der Waals surface area contributed by atoms with Crippen molar-refractivity contribution in [2.24, 2.45) is 0 Å². The number of nitrogens with zero attached hydrogens (tertiary/aromatic N) is 1. The van der Waals surface area contributed by atoms with Crippen molar-refractivity contribution >= 4 is 28.7 Å². The van der Waals surface area contributed by atoms with E-state index in [2.05, 4.69) is 10.3 Å². The second-order valence-electron chi connectivity index (χ2n) is 5.27. The molecule has 0 spiro atoms. The number of fused-ring (bicyclic) bond motifs is 1. The summed E-state index contributed by atoms with van der Waals surface area (Å²) in [4.78, 5) is 39.1. The van der Waals surface area contributed by atoms with Crippen molar-refractivity contribution in [2.45, 2.75) is 19.9 Å². The number of aromatic amines is 1. The van der Waals surface area contributed by atoms with Crippen molar-refractivity contribution in [1.82, 2.24) is 15.2 Å². The van der Waals surface area contributed by atoms with Crippen LogP contribution in [0.5, 0.6) is 0 Å². The molecule has 0 aliphatic carbocycles. The number of nitrogens with one attached hydrogen (secondary N) is 2. The standard InChI is InChI=1S/C16H19N3O4/c1-10(16(22)23)19(8-7-17-11(2)20)15(21)14-9-12-5-3-4-6-13(12)18-14/h3-6,9-10,18H,7-8H2,1-2H3,(H,17,20)(H,22,23). The van der Waals surface area contributed by atoms with Crippen LogP contribution in [0.2, 0.25) is 0 Å². The minimum Gasteiger partial charge on any atom is -0.480 e. The van der Waals surface area contributed by atoms with Crippen LogP contribution >= 0.6 is 0 Å². The Morgan fingerprint density at radius 2 is 2.00 bits per heavy atom. The Bertz CT molecular complexity index is 705. The molecule has 0 aliphatic rings. The van der Waals surface area contributed by atoms with E-state index >= 15 is 0 Å². The van der Waals surface area contributed by atoms with E-state index in [0.717, 1.165) is 10.9 Å². The number of carboxylic acid groups (broad SMARTS) is 1. The molecule has 0 saturated heterocycles. The number of amides is 2. The molecule has 1 aromatic carbocycles. The molecule has 23 heavy (non-hydrogen) atoms. The number of para-hydroxylation sites is 1. The molecule has 2 amide bonds. The van der Waals surface area contributed by atoms with Crippen LogP contribution in [0, 0.1) is 0 Å². The van der Waals surface area contributed by atoms with E-state index in [-0.39, 0.29) is 19.0 Å². The third kappa shape index (κ3) is 3.88. The molecule has 0 fully saturated rings. The van der Waals surface area contributed by atoms with Gasteiger partial charge in [-0.15, -0.1) is 0 Å². The van der Waals surface area contributed by atoms with Gasteiger partial charge in [0, 0.05) is 30.9 Å². The molecule has 1 heterocycles. The molecular formula is C16H19N3O4. The fourth-order valence-electron chi connectivity index (χ4n) is 2.30. The summed E-state index contributed by atoms with van der Waals surface area (Å²) in [6.07, 6.45) is 0. The molecule has 1 atom stereocenters. The van der Waals surface area contributed by atoms with E-state index in [1.54, 1.807) is 6.07 Å². The Morgan fingerprint density at radius 3 is 2.61 bits per heavy atom. The van der Waals surface area contributed by atoms with Crippen molar-refractivity contribution in [3.63, 3.8) is 0 Å². The molecule has 7 heteroatoms. The first-order valence-electron chi connectivity index (χ1n) is 7.26. The summed E-state index contributed by atoms with van der Waals surface area (Å²) in [6.45, 7) is 3.11. The van der Waals surface area contributed by atoms with Gasteiger partial charge in [0.25, 0.3) is 5.91 Å². The summed E-state index contributed by atoms with van der Waals surface area (Å²) in [5.74, 6) is -1.75. The summed E-state index contributed by atoms with van der Waals surface area (Å²) in [5, 5.41) is 12.6. The summed E-state index contributed by atoms with van der Waals surface area (Å²) >= 11 is 0. The van der Waals surface area contributed by atoms with Gasteiger partial charge in [-0.3, -0.25) is 9.59 Å². The van der Waals surface area contributed by atoms with E-state index in [1.165, 1.54) is 18.7 Å². The van der Waals surface area contributed by atoms with Crippen LogP contribution in [-0.2, 0) is 9.59 Å². The van der Waals surface area contributed by atoms with Crippen molar-refractivity contribution in [2.75, 3.05) is 13.1 Å². The highest BCUT2D eigenvalue weighted by Gasteiger charge is 2.27. The molecule has 0 aliphatic heterocycles. The Balaban J connectivity index is 2.23. The van der Waals surface area contributed by atoms with Gasteiger partial charge in [-0.25, -0.2) is 4.79 Å². The number of hydrogen-bond acceptors (Lipinski definition) is 3. The predicted molar refractivity (Wildman–Crippen MR) is 85.1 cm³/mol. The van der Waals surface area contributed by atoms with Crippen LogP contribution in [0.3, 0.4) is 0 Å². The minimum absolute atomic E-state index is 0.112. The Kier molecular flexibility index (Phi) is 5.00. The van der Waals surface area contributed by atoms with E-state index in [9.17, 15) is 19.5 Å². The fraction of sp³-hybridized carbons (Fsp3) is 0.312. The SMILES string of the molecule is CC(=O)NCCN(C(=O)c1cc2ccccc2[nH]1)C(C)C(=O)O. The quantitative estimate of drug-likeness (QED) is 0.745. The summed E-state index contributed by atoms with van der Waals surface area (Å²) in [5.41, 5.74) is 1.13. The summed E-state index contributed by atoms with van der Waals surface area (Å²) in [7, 11) is 0. The number of benzene rings is 1. The molecular weight excluding hydrogens is 298 g/mol. The number of aliphatic carboxylic acids is 1. The maximum atomic E-state index is 12.7. The van der Waals surface area contributed by atoms with Gasteiger partial charge in [-0.1, -0.05) is 18.2 Å². The first-order valence-corrected chi connectivity index (χ1v) is 7.26. The zero-order valence-corrected chi connectivity index (χ0v) is 13.0. The highest BCUT2D eigenvalue weighted by atomic mass is 16.4. The fourth-order valence-corrected chi connectivity index (χ4v) is 2.30. The van der Waals surface area contributed by atoms with Gasteiger partial charge in [0.15, 0.2) is 0 Å². The third-order valence-corrected chi connectivity index (χ3v) is 3.57. The number of carbonyl (C=O) groups excluding carboxylic acids is 2. The first kappa shape index (κ1) is 16.5. The lowest BCUT2D eigenvalue weighted by Crippen LogP contribution is -2.46. The molecule has 7 nitrogen and oxygen atoms in total. The van der Waals surface area contributed by atoms with Crippen LogP contribution in [0.15, 0.2) is 30.3 Å². The highest BCUT2D eigenvalue weighted by Crippen LogP contribution is 2.17. The van der Waals surface area contributed by atoms with Gasteiger partial charge in [0.05, 0.1) is 0 Å². The second kappa shape index (κ2) is 6.95. The number of carbonyl (C=O) groups is 3. The van der Waals surface area contributed by atoms with E-state index < -0.39 is 17.9 Å². The van der Waals surface area contributed by atoms with Gasteiger partial charge in [-0.05, 0) is 19.1 Å². The highest BCUT2D eigenvalue weighted by molar-refractivity contribution is 5.99. The lowest BCUT2D eigenvalue weighted by Gasteiger charge is -2.26. The zero-order chi connectivity index (χ0) is 17.0. The van der Waals surface area contributed by atoms with Gasteiger partial charge < -0.3 is 20.3 Å². The van der Waals surface area contributed by atoms with Crippen molar-refractivity contribution in [3.8, 4) is 0 Å². The topological polar surface area (TPSA) is 103 Å². The van der Waals surface area contributed by atoms with Crippen LogP contribution in [0.1, 0.15) is 24.3 Å². The van der Waals surface area contributed by atoms with Gasteiger partial charge in [-0.2, -0.15) is 0 Å². The van der Waals surface area contributed by atoms with Gasteiger partial charge in [0.2, 0.25) is 5.91 Å². The number of hydrogen-bond donors (Lipinski definition) is 3. The van der Waals surface area contributed by atoms with Gasteiger partial charge >= 0.3 is 5.97 Å². The van der Waals surface area contributed by atoms with Crippen LogP contribution < -0.4 is 5.32 Å². The maximum absolute atomic E-state index is 12.7. The summed E-state index contributed by atoms with van der Waals surface area (Å²) < 4.78 is 0. The molecule has 0 saturated carbocycles. The van der Waals surface area contributed by atoms with E-state index in [0.29, 0.717) is 5.69 Å². The Hall–Kier alpha value is -2.83. The lowest BCUT2D eigenvalue weighted by atomic mass is 10.2. The molecule has 0 radical (unpaired) electrons. The summed E-state index contributed by atoms with van der Waals surface area (Å²) in [6, 6.07) is 8.11. The largest absolute Gasteiger partial charge is 0.480 e. The van der Waals surface area contributed by atoms with E-state index in [1.807, 2.05) is 24.3 Å². The third-order valence-electron chi connectivity index (χ3n) is 3.57. The predicted octanol–water partition coefficient (Wildman–Crippen LogP) is 1.22. The number of carboxylic acids is 1. The molecule has 1 aromatic heterocycles. The van der Waals surface area contributed by atoms with Gasteiger partial charge in [0.1, 0.15) is 11.7 Å². The first-order chi connectivity index (χ1) is 10.9. The Morgan fingerprint density at radius 1 is 1.30 bits per heavy atom. The average Bonchev–Trinajstić information content (AvgIpc) is 2.94. The van der Waals surface area contributed by atoms with Crippen LogP contribution in [0.4, 0.5) is 0 Å². The number of H-pyrrole nitrogens is 1.